The fourth-order valence-electron chi connectivity index (χ4n) is 0.101. The largest absolute Gasteiger partial charge is 0.543 e. The van der Waals surface area contributed by atoms with E-state index in [4.69, 9.17) is 0 Å². The van der Waals surface area contributed by atoms with E-state index in [2.05, 4.69) is 11.6 Å². The highest BCUT2D eigenvalue weighted by Crippen LogP contribution is 1.83. The third-order valence-corrected chi connectivity index (χ3v) is 0.416. The van der Waals surface area contributed by atoms with Crippen LogP contribution >= 0.6 is 0 Å². The van der Waals surface area contributed by atoms with Gasteiger partial charge in [0.1, 0.15) is 0 Å². The molecule has 0 aromatic heterocycles. The second kappa shape index (κ2) is 2.71. The fraction of sp³-hybridized carbons (Fsp3) is 0. The number of nitrogens with zero attached hydrogens (tertiary/aromatic N) is 1. The minimum absolute atomic E-state index is 0.611. The molecule has 0 aliphatic heterocycles. The Bertz CT molecular complexity index is 162. The van der Waals surface area contributed by atoms with Crippen LogP contribution in [0.3, 0.4) is 0 Å². The molecule has 8 heavy (non-hydrogen) atoms. The van der Waals surface area contributed by atoms with E-state index in [1.165, 1.54) is 0 Å². The number of carboxylic acids is 1. The maximum absolute atomic E-state index is 9.61. The van der Waals surface area contributed by atoms with Crippen LogP contribution in [0.5, 0.6) is 0 Å². The quantitative estimate of drug-likeness (QED) is 0.250. The van der Waals surface area contributed by atoms with Crippen LogP contribution in [0.25, 0.3) is 0 Å². The van der Waals surface area contributed by atoms with Gasteiger partial charge in [-0.3, -0.25) is 0 Å². The average molecular weight is 112 g/mol. The zero-order chi connectivity index (χ0) is 6.57. The van der Waals surface area contributed by atoms with Gasteiger partial charge in [-0.05, 0) is 0 Å². The molecule has 0 bridgehead atoms. The second-order valence-electron chi connectivity index (χ2n) is 0.937. The number of carboxylic acid groups (broad SMARTS) is 1. The molecule has 0 fully saturated rings. The normalized spacial score (nSPS) is 7.00. The minimum atomic E-state index is -1.56. The lowest BCUT2D eigenvalue weighted by Gasteiger charge is -1.92. The summed E-state index contributed by atoms with van der Waals surface area (Å²) in [4.78, 5) is 21.5. The summed E-state index contributed by atoms with van der Waals surface area (Å²) in [6.07, 6.45) is 1.00. The summed E-state index contributed by atoms with van der Waals surface area (Å²) in [6, 6.07) is 0. The van der Waals surface area contributed by atoms with Crippen LogP contribution in [0, 0.1) is 0 Å². The summed E-state index contributed by atoms with van der Waals surface area (Å²) < 4.78 is 0. The second-order valence-corrected chi connectivity index (χ2v) is 0.937. The van der Waals surface area contributed by atoms with Crippen molar-refractivity contribution in [2.24, 2.45) is 4.99 Å². The van der Waals surface area contributed by atoms with Crippen molar-refractivity contribution in [3.63, 3.8) is 0 Å². The highest BCUT2D eigenvalue weighted by molar-refractivity contribution is 5.84. The smallest absolute Gasteiger partial charge is 0.240 e. The topological polar surface area (TPSA) is 69.6 Å². The SMILES string of the molecule is C=C(N=C=O)C(=O)[O-]. The van der Waals surface area contributed by atoms with Crippen molar-refractivity contribution in [2.45, 2.75) is 0 Å². The summed E-state index contributed by atoms with van der Waals surface area (Å²) in [5.41, 5.74) is -0.611. The molecule has 0 saturated heterocycles. The lowest BCUT2D eigenvalue weighted by molar-refractivity contribution is -0.299. The van der Waals surface area contributed by atoms with E-state index in [-0.39, 0.29) is 0 Å². The number of aliphatic carboxylic acids is 1. The van der Waals surface area contributed by atoms with Gasteiger partial charge < -0.3 is 9.90 Å². The number of isocyanates is 1. The van der Waals surface area contributed by atoms with Crippen LogP contribution in [0.2, 0.25) is 0 Å². The molecule has 0 atom stereocenters. The van der Waals surface area contributed by atoms with E-state index in [0.29, 0.717) is 0 Å². The van der Waals surface area contributed by atoms with Crippen molar-refractivity contribution in [1.82, 2.24) is 0 Å². The number of hydrogen-bond donors (Lipinski definition) is 0. The zero-order valence-electron chi connectivity index (χ0n) is 3.88. The Morgan fingerprint density at radius 2 is 2.25 bits per heavy atom. The Morgan fingerprint density at radius 3 is 2.38 bits per heavy atom. The third-order valence-electron chi connectivity index (χ3n) is 0.416. The van der Waals surface area contributed by atoms with Gasteiger partial charge in [0.25, 0.3) is 0 Å². The molecule has 0 rings (SSSR count). The number of aliphatic imine (C=N–C) groups is 1. The molecule has 0 aromatic rings. The molecule has 0 aromatic carbocycles. The third kappa shape index (κ3) is 1.89. The Morgan fingerprint density at radius 1 is 1.75 bits per heavy atom. The standard InChI is InChI=1S/C4H3NO3/c1-3(4(7)8)5-2-6/h1H2,(H,7,8)/p-1. The first-order valence-corrected chi connectivity index (χ1v) is 1.66. The Labute approximate surface area is 45.2 Å². The highest BCUT2D eigenvalue weighted by Gasteiger charge is 1.85. The molecule has 0 radical (unpaired) electrons. The molecular weight excluding hydrogens is 110 g/mol. The number of carbonyl (C=O) groups is 1. The molecule has 0 unspecified atom stereocenters. The lowest BCUT2D eigenvalue weighted by atomic mass is 10.5. The summed E-state index contributed by atoms with van der Waals surface area (Å²) in [5, 5.41) is 9.61. The monoisotopic (exact) mass is 112 g/mol. The van der Waals surface area contributed by atoms with Crippen molar-refractivity contribution in [3.05, 3.63) is 12.3 Å². The lowest BCUT2D eigenvalue weighted by Crippen LogP contribution is -2.22. The van der Waals surface area contributed by atoms with Gasteiger partial charge in [-0.15, -0.1) is 0 Å². The molecule has 0 aliphatic rings. The Hall–Kier alpha value is -1.41. The Kier molecular flexibility index (Phi) is 2.23. The maximum atomic E-state index is 9.61. The van der Waals surface area contributed by atoms with E-state index in [1.807, 2.05) is 0 Å². The molecule has 0 amide bonds. The molecule has 0 heterocycles. The first kappa shape index (κ1) is 6.59. The van der Waals surface area contributed by atoms with Crippen molar-refractivity contribution in [1.29, 1.82) is 0 Å². The summed E-state index contributed by atoms with van der Waals surface area (Å²) in [6.45, 7) is 2.85. The van der Waals surface area contributed by atoms with E-state index < -0.39 is 11.7 Å². The Balaban J connectivity index is 4.05. The van der Waals surface area contributed by atoms with Gasteiger partial charge >= 0.3 is 0 Å². The van der Waals surface area contributed by atoms with E-state index in [9.17, 15) is 14.7 Å². The van der Waals surface area contributed by atoms with Gasteiger partial charge in [0.15, 0.2) is 0 Å². The molecule has 42 valence electrons. The van der Waals surface area contributed by atoms with Gasteiger partial charge in [0.2, 0.25) is 6.08 Å². The van der Waals surface area contributed by atoms with Gasteiger partial charge in [-0.2, -0.15) is 4.99 Å². The summed E-state index contributed by atoms with van der Waals surface area (Å²) >= 11 is 0. The van der Waals surface area contributed by atoms with Gasteiger partial charge in [-0.1, -0.05) is 6.58 Å². The van der Waals surface area contributed by atoms with Gasteiger partial charge in [0.05, 0.1) is 11.7 Å². The van der Waals surface area contributed by atoms with Crippen molar-refractivity contribution in [2.75, 3.05) is 0 Å². The molecule has 4 nitrogen and oxygen atoms in total. The summed E-state index contributed by atoms with van der Waals surface area (Å²) in [7, 11) is 0. The minimum Gasteiger partial charge on any atom is -0.543 e. The molecule has 0 N–H and O–H groups in total. The predicted molar refractivity (Wildman–Crippen MR) is 22.3 cm³/mol. The van der Waals surface area contributed by atoms with E-state index in [1.54, 1.807) is 0 Å². The van der Waals surface area contributed by atoms with Crippen LogP contribution in [0.15, 0.2) is 17.3 Å². The zero-order valence-corrected chi connectivity index (χ0v) is 3.88. The van der Waals surface area contributed by atoms with Crippen LogP contribution in [0.1, 0.15) is 0 Å². The number of carbonyl (C=O) groups excluding carboxylic acids is 2. The average Bonchev–Trinajstić information content (AvgIpc) is 1.67. The van der Waals surface area contributed by atoms with E-state index in [0.717, 1.165) is 6.08 Å². The van der Waals surface area contributed by atoms with Crippen molar-refractivity contribution in [3.8, 4) is 0 Å². The molecular formula is C4H2NO3-. The van der Waals surface area contributed by atoms with Gasteiger partial charge in [0, 0.05) is 0 Å². The number of rotatable bonds is 2. The van der Waals surface area contributed by atoms with Gasteiger partial charge in [-0.25, -0.2) is 4.79 Å². The highest BCUT2D eigenvalue weighted by atomic mass is 16.4. The first-order valence-electron chi connectivity index (χ1n) is 1.66. The molecule has 0 saturated carbocycles. The van der Waals surface area contributed by atoms with Crippen molar-refractivity contribution < 1.29 is 14.7 Å². The summed E-state index contributed by atoms with van der Waals surface area (Å²) in [5.74, 6) is -1.56. The first-order chi connectivity index (χ1) is 3.68. The van der Waals surface area contributed by atoms with Crippen molar-refractivity contribution >= 4 is 12.0 Å². The predicted octanol–water partition coefficient (Wildman–Crippen LogP) is -1.41. The van der Waals surface area contributed by atoms with Crippen LogP contribution < -0.4 is 5.11 Å². The number of hydrogen-bond acceptors (Lipinski definition) is 4. The van der Waals surface area contributed by atoms with E-state index >= 15 is 0 Å². The van der Waals surface area contributed by atoms with Crippen LogP contribution in [-0.2, 0) is 9.59 Å². The molecule has 0 spiro atoms. The van der Waals surface area contributed by atoms with Crippen LogP contribution in [-0.4, -0.2) is 12.0 Å². The molecule has 0 aliphatic carbocycles. The van der Waals surface area contributed by atoms with Crippen LogP contribution in [0.4, 0.5) is 0 Å². The maximum Gasteiger partial charge on any atom is 0.240 e. The molecule has 4 heteroatoms. The fourth-order valence-corrected chi connectivity index (χ4v) is 0.101.